The fourth-order valence-corrected chi connectivity index (χ4v) is 2.31. The second-order valence-corrected chi connectivity index (χ2v) is 5.20. The first-order chi connectivity index (χ1) is 9.08. The van der Waals surface area contributed by atoms with E-state index in [-0.39, 0.29) is 12.5 Å². The molecule has 2 aromatic rings. The zero-order valence-corrected chi connectivity index (χ0v) is 12.5. The molecular weight excluding hydrogens is 310 g/mol. The molecule has 2 rings (SSSR count). The fourth-order valence-electron chi connectivity index (χ4n) is 1.97. The number of aliphatic hydroxyl groups is 1. The Balaban J connectivity index is 2.56. The van der Waals surface area contributed by atoms with E-state index in [1.165, 1.54) is 4.90 Å². The van der Waals surface area contributed by atoms with E-state index in [2.05, 4.69) is 20.9 Å². The van der Waals surface area contributed by atoms with E-state index in [0.29, 0.717) is 18.7 Å². The lowest BCUT2D eigenvalue weighted by Crippen LogP contribution is -2.31. The summed E-state index contributed by atoms with van der Waals surface area (Å²) >= 11 is 3.40. The number of imidazole rings is 1. The monoisotopic (exact) mass is 325 g/mol. The third-order valence-electron chi connectivity index (χ3n) is 2.97. The van der Waals surface area contributed by atoms with Gasteiger partial charge in [-0.25, -0.2) is 4.98 Å². The molecule has 0 saturated heterocycles. The maximum Gasteiger partial charge on any atom is 0.272 e. The summed E-state index contributed by atoms with van der Waals surface area (Å²) in [5, 5.41) is 8.94. The van der Waals surface area contributed by atoms with Gasteiger partial charge >= 0.3 is 0 Å². The Labute approximate surface area is 120 Å². The van der Waals surface area contributed by atoms with Crippen molar-refractivity contribution in [3.63, 3.8) is 0 Å². The quantitative estimate of drug-likeness (QED) is 0.931. The van der Waals surface area contributed by atoms with Crippen LogP contribution < -0.4 is 0 Å². The van der Waals surface area contributed by atoms with E-state index in [1.54, 1.807) is 11.4 Å². The number of halogens is 1. The molecule has 5 nitrogen and oxygen atoms in total. The van der Waals surface area contributed by atoms with Crippen molar-refractivity contribution >= 4 is 27.5 Å². The number of hydrogen-bond acceptors (Lipinski definition) is 3. The van der Waals surface area contributed by atoms with Gasteiger partial charge in [0.1, 0.15) is 11.3 Å². The zero-order chi connectivity index (χ0) is 14.0. The number of nitrogens with zero attached hydrogens (tertiary/aromatic N) is 3. The number of carbonyl (C=O) groups is 1. The Hall–Kier alpha value is -1.40. The number of aromatic nitrogens is 2. The summed E-state index contributed by atoms with van der Waals surface area (Å²) in [6, 6.07) is 3.76. The summed E-state index contributed by atoms with van der Waals surface area (Å²) in [6.45, 7) is 2.23. The number of fused-ring (bicyclic) bond motifs is 1. The van der Waals surface area contributed by atoms with Crippen LogP contribution in [0.25, 0.3) is 5.65 Å². The van der Waals surface area contributed by atoms with Crippen molar-refractivity contribution in [2.75, 3.05) is 20.2 Å². The smallest absolute Gasteiger partial charge is 0.272 e. The van der Waals surface area contributed by atoms with Gasteiger partial charge in [-0.15, -0.1) is 0 Å². The van der Waals surface area contributed by atoms with Gasteiger partial charge in [0.25, 0.3) is 5.91 Å². The van der Waals surface area contributed by atoms with Gasteiger partial charge in [0, 0.05) is 24.3 Å². The van der Waals surface area contributed by atoms with Crippen molar-refractivity contribution < 1.29 is 9.90 Å². The number of amides is 1. The van der Waals surface area contributed by atoms with Crippen LogP contribution in [0, 0.1) is 0 Å². The average molecular weight is 326 g/mol. The molecule has 2 aromatic heterocycles. The highest BCUT2D eigenvalue weighted by Crippen LogP contribution is 2.18. The van der Waals surface area contributed by atoms with E-state index < -0.39 is 0 Å². The fraction of sp³-hybridized carbons (Fsp3) is 0.385. The maximum absolute atomic E-state index is 12.4. The van der Waals surface area contributed by atoms with Gasteiger partial charge in [0.15, 0.2) is 0 Å². The number of rotatable bonds is 4. The Morgan fingerprint density at radius 3 is 2.89 bits per heavy atom. The number of carbonyl (C=O) groups excluding carboxylic acids is 1. The summed E-state index contributed by atoms with van der Waals surface area (Å²) in [5.41, 5.74) is 2.09. The van der Waals surface area contributed by atoms with Crippen LogP contribution in [0.4, 0.5) is 0 Å². The topological polar surface area (TPSA) is 57.8 Å². The van der Waals surface area contributed by atoms with Gasteiger partial charge in [-0.05, 0) is 34.5 Å². The molecule has 0 aliphatic rings. The first kappa shape index (κ1) is 14.0. The van der Waals surface area contributed by atoms with E-state index in [4.69, 9.17) is 5.11 Å². The molecule has 0 spiro atoms. The zero-order valence-electron chi connectivity index (χ0n) is 10.9. The highest BCUT2D eigenvalue weighted by atomic mass is 79.9. The lowest BCUT2D eigenvalue weighted by molar-refractivity contribution is 0.0759. The number of aliphatic hydroxyl groups excluding tert-OH is 1. The van der Waals surface area contributed by atoms with Gasteiger partial charge in [0.05, 0.1) is 12.3 Å². The van der Waals surface area contributed by atoms with Crippen LogP contribution in [0.2, 0.25) is 0 Å². The predicted octanol–water partition coefficient (Wildman–Crippen LogP) is 1.72. The maximum atomic E-state index is 12.4. The molecule has 2 heterocycles. The molecule has 0 atom stereocenters. The largest absolute Gasteiger partial charge is 0.395 e. The summed E-state index contributed by atoms with van der Waals surface area (Å²) < 4.78 is 2.68. The second kappa shape index (κ2) is 5.71. The number of likely N-dealkylation sites (N-methyl/N-ethyl adjacent to an activating group) is 1. The first-order valence-corrected chi connectivity index (χ1v) is 6.90. The van der Waals surface area contributed by atoms with Crippen LogP contribution in [-0.4, -0.2) is 45.5 Å². The van der Waals surface area contributed by atoms with Crippen molar-refractivity contribution in [1.82, 2.24) is 14.3 Å². The van der Waals surface area contributed by atoms with Crippen molar-refractivity contribution in [2.45, 2.75) is 13.3 Å². The molecule has 0 bridgehead atoms. The van der Waals surface area contributed by atoms with E-state index in [0.717, 1.165) is 15.8 Å². The molecule has 0 radical (unpaired) electrons. The van der Waals surface area contributed by atoms with Gasteiger partial charge in [0.2, 0.25) is 0 Å². The number of hydrogen-bond donors (Lipinski definition) is 1. The average Bonchev–Trinajstić information content (AvgIpc) is 2.75. The highest BCUT2D eigenvalue weighted by molar-refractivity contribution is 9.10. The Bertz CT molecular complexity index is 609. The summed E-state index contributed by atoms with van der Waals surface area (Å²) in [7, 11) is 1.68. The van der Waals surface area contributed by atoms with E-state index >= 15 is 0 Å². The summed E-state index contributed by atoms with van der Waals surface area (Å²) in [4.78, 5) is 18.4. The summed E-state index contributed by atoms with van der Waals surface area (Å²) in [6.07, 6.45) is 2.52. The van der Waals surface area contributed by atoms with Crippen molar-refractivity contribution in [2.24, 2.45) is 0 Å². The molecule has 0 aliphatic heterocycles. The standard InChI is InChI=1S/C13H16BrN3O2/c1-3-10-12(13(19)16(2)6-7-18)17-8-9(14)4-5-11(17)15-10/h4-5,8,18H,3,6-7H2,1-2H3. The SMILES string of the molecule is CCc1nc2ccc(Br)cn2c1C(=O)N(C)CCO. The van der Waals surface area contributed by atoms with Crippen molar-refractivity contribution in [3.8, 4) is 0 Å². The molecule has 102 valence electrons. The first-order valence-electron chi connectivity index (χ1n) is 6.11. The molecule has 6 heteroatoms. The molecule has 0 aliphatic carbocycles. The van der Waals surface area contributed by atoms with E-state index in [9.17, 15) is 4.79 Å². The van der Waals surface area contributed by atoms with Gasteiger partial charge in [-0.2, -0.15) is 0 Å². The molecule has 19 heavy (non-hydrogen) atoms. The molecule has 1 N–H and O–H groups in total. The lowest BCUT2D eigenvalue weighted by atomic mass is 10.2. The Morgan fingerprint density at radius 1 is 1.53 bits per heavy atom. The Kier molecular flexibility index (Phi) is 4.21. The van der Waals surface area contributed by atoms with Crippen LogP contribution in [0.15, 0.2) is 22.8 Å². The third kappa shape index (κ3) is 2.64. The second-order valence-electron chi connectivity index (χ2n) is 4.29. The van der Waals surface area contributed by atoms with Crippen molar-refractivity contribution in [1.29, 1.82) is 0 Å². The minimum atomic E-state index is -0.128. The van der Waals surface area contributed by atoms with Crippen LogP contribution in [0.5, 0.6) is 0 Å². The van der Waals surface area contributed by atoms with Gasteiger partial charge < -0.3 is 10.0 Å². The highest BCUT2D eigenvalue weighted by Gasteiger charge is 2.21. The molecular formula is C13H16BrN3O2. The molecule has 0 unspecified atom stereocenters. The van der Waals surface area contributed by atoms with Crippen LogP contribution in [0.3, 0.4) is 0 Å². The summed E-state index contributed by atoms with van der Waals surface area (Å²) in [5.74, 6) is -0.128. The van der Waals surface area contributed by atoms with Crippen LogP contribution in [-0.2, 0) is 6.42 Å². The predicted molar refractivity (Wildman–Crippen MR) is 76.3 cm³/mol. The number of aryl methyl sites for hydroxylation is 1. The lowest BCUT2D eigenvalue weighted by Gasteiger charge is -2.16. The van der Waals surface area contributed by atoms with Crippen LogP contribution in [0.1, 0.15) is 23.1 Å². The third-order valence-corrected chi connectivity index (χ3v) is 3.44. The van der Waals surface area contributed by atoms with Crippen LogP contribution >= 0.6 is 15.9 Å². The minimum Gasteiger partial charge on any atom is -0.395 e. The molecule has 1 amide bonds. The molecule has 0 saturated carbocycles. The van der Waals surface area contributed by atoms with Crippen molar-refractivity contribution in [3.05, 3.63) is 34.2 Å². The molecule has 0 aromatic carbocycles. The van der Waals surface area contributed by atoms with E-state index in [1.807, 2.05) is 25.3 Å². The normalized spacial score (nSPS) is 10.9. The van der Waals surface area contributed by atoms with Gasteiger partial charge in [-0.3, -0.25) is 9.20 Å². The molecule has 0 fully saturated rings. The van der Waals surface area contributed by atoms with Gasteiger partial charge in [-0.1, -0.05) is 6.92 Å². The number of pyridine rings is 1. The Morgan fingerprint density at radius 2 is 2.26 bits per heavy atom. The minimum absolute atomic E-state index is 0.0515.